The second-order valence-electron chi connectivity index (χ2n) is 6.88. The van der Waals surface area contributed by atoms with E-state index in [0.717, 1.165) is 24.1 Å². The molecule has 6 heteroatoms. The van der Waals surface area contributed by atoms with Gasteiger partial charge in [0.05, 0.1) is 18.8 Å². The number of halogens is 1. The summed E-state index contributed by atoms with van der Waals surface area (Å²) in [5.74, 6) is 0.0923. The third-order valence-electron chi connectivity index (χ3n) is 5.09. The lowest BCUT2D eigenvalue weighted by Crippen LogP contribution is -2.43. The van der Waals surface area contributed by atoms with Crippen LogP contribution in [-0.4, -0.2) is 31.3 Å². The first-order valence-electron chi connectivity index (χ1n) is 9.07. The molecule has 1 saturated carbocycles. The second-order valence-corrected chi connectivity index (χ2v) is 6.88. The third-order valence-corrected chi connectivity index (χ3v) is 5.09. The minimum absolute atomic E-state index is 0. The highest BCUT2D eigenvalue weighted by molar-refractivity contribution is 5.94. The number of nitrogens with two attached hydrogens (primary N) is 1. The van der Waals surface area contributed by atoms with E-state index in [9.17, 15) is 4.79 Å². The Kier molecular flexibility index (Phi) is 8.16. The highest BCUT2D eigenvalue weighted by Gasteiger charge is 2.26. The van der Waals surface area contributed by atoms with Crippen molar-refractivity contribution in [2.75, 3.05) is 18.5 Å². The van der Waals surface area contributed by atoms with E-state index in [0.29, 0.717) is 25.9 Å². The van der Waals surface area contributed by atoms with Gasteiger partial charge in [0.2, 0.25) is 5.91 Å². The molecule has 1 amide bonds. The molecule has 0 radical (unpaired) electrons. The summed E-state index contributed by atoms with van der Waals surface area (Å²) >= 11 is 0. The van der Waals surface area contributed by atoms with Gasteiger partial charge in [-0.2, -0.15) is 0 Å². The van der Waals surface area contributed by atoms with Crippen molar-refractivity contribution in [3.63, 3.8) is 0 Å². The largest absolute Gasteiger partial charge is 0.381 e. The molecule has 5 nitrogen and oxygen atoms in total. The van der Waals surface area contributed by atoms with Gasteiger partial charge in [-0.25, -0.2) is 0 Å². The van der Waals surface area contributed by atoms with Crippen molar-refractivity contribution in [1.29, 1.82) is 0 Å². The molecule has 0 bridgehead atoms. The maximum atomic E-state index is 12.3. The Hall–Kier alpha value is -1.14. The van der Waals surface area contributed by atoms with Crippen molar-refractivity contribution in [2.45, 2.75) is 57.3 Å². The van der Waals surface area contributed by atoms with Gasteiger partial charge < -0.3 is 20.5 Å². The van der Waals surface area contributed by atoms with Gasteiger partial charge in [0.1, 0.15) is 0 Å². The van der Waals surface area contributed by atoms with E-state index >= 15 is 0 Å². The Labute approximate surface area is 156 Å². The first-order valence-corrected chi connectivity index (χ1v) is 9.07. The Morgan fingerprint density at radius 3 is 2.44 bits per heavy atom. The molecule has 0 aromatic heterocycles. The fourth-order valence-corrected chi connectivity index (χ4v) is 3.47. The van der Waals surface area contributed by atoms with Gasteiger partial charge >= 0.3 is 0 Å². The molecule has 25 heavy (non-hydrogen) atoms. The number of anilines is 1. The van der Waals surface area contributed by atoms with E-state index in [4.69, 9.17) is 15.2 Å². The lowest BCUT2D eigenvalue weighted by Gasteiger charge is -2.26. The molecule has 1 aliphatic carbocycles. The van der Waals surface area contributed by atoms with Gasteiger partial charge in [0.15, 0.2) is 0 Å². The molecule has 1 aliphatic heterocycles. The highest BCUT2D eigenvalue weighted by atomic mass is 35.5. The number of ether oxygens (including phenoxy) is 2. The SMILES string of the molecule is Cl.NC(C(=O)Nc1ccc(COC2CCCC2)cc1)C1CCOCC1. The van der Waals surface area contributed by atoms with Gasteiger partial charge in [-0.1, -0.05) is 25.0 Å². The van der Waals surface area contributed by atoms with Crippen LogP contribution in [0.3, 0.4) is 0 Å². The van der Waals surface area contributed by atoms with Crippen LogP contribution in [-0.2, 0) is 20.9 Å². The van der Waals surface area contributed by atoms with Crippen LogP contribution in [0.2, 0.25) is 0 Å². The van der Waals surface area contributed by atoms with Crippen molar-refractivity contribution in [3.05, 3.63) is 29.8 Å². The van der Waals surface area contributed by atoms with Gasteiger partial charge in [-0.3, -0.25) is 4.79 Å². The Balaban J connectivity index is 0.00000225. The molecule has 1 aromatic rings. The number of hydrogen-bond acceptors (Lipinski definition) is 4. The Bertz CT molecular complexity index is 526. The molecule has 1 saturated heterocycles. The lowest BCUT2D eigenvalue weighted by atomic mass is 9.92. The van der Waals surface area contributed by atoms with Crippen LogP contribution in [0.25, 0.3) is 0 Å². The van der Waals surface area contributed by atoms with E-state index in [1.165, 1.54) is 25.7 Å². The minimum Gasteiger partial charge on any atom is -0.381 e. The Morgan fingerprint density at radius 1 is 1.16 bits per heavy atom. The summed E-state index contributed by atoms with van der Waals surface area (Å²) in [5, 5.41) is 2.92. The maximum Gasteiger partial charge on any atom is 0.241 e. The molecular weight excluding hydrogens is 340 g/mol. The van der Waals surface area contributed by atoms with Gasteiger partial charge in [-0.15, -0.1) is 12.4 Å². The molecule has 1 unspecified atom stereocenters. The van der Waals surface area contributed by atoms with E-state index in [-0.39, 0.29) is 24.2 Å². The summed E-state index contributed by atoms with van der Waals surface area (Å²) in [7, 11) is 0. The first-order chi connectivity index (χ1) is 11.7. The van der Waals surface area contributed by atoms with Crippen LogP contribution in [0, 0.1) is 5.92 Å². The molecule has 2 fully saturated rings. The summed E-state index contributed by atoms with van der Waals surface area (Å²) in [5.41, 5.74) is 8.02. The van der Waals surface area contributed by atoms with Crippen LogP contribution in [0.1, 0.15) is 44.1 Å². The number of carbonyl (C=O) groups is 1. The average Bonchev–Trinajstić information content (AvgIpc) is 3.15. The van der Waals surface area contributed by atoms with Crippen molar-refractivity contribution >= 4 is 24.0 Å². The predicted octanol–water partition coefficient (Wildman–Crippen LogP) is 3.26. The zero-order valence-electron chi connectivity index (χ0n) is 14.6. The van der Waals surface area contributed by atoms with Crippen LogP contribution in [0.15, 0.2) is 24.3 Å². The fraction of sp³-hybridized carbons (Fsp3) is 0.632. The van der Waals surface area contributed by atoms with E-state index in [1.54, 1.807) is 0 Å². The summed E-state index contributed by atoms with van der Waals surface area (Å²) in [6, 6.07) is 7.37. The molecule has 3 rings (SSSR count). The first kappa shape index (κ1) is 20.2. The van der Waals surface area contributed by atoms with E-state index < -0.39 is 6.04 Å². The normalized spacial score (nSPS) is 20.0. The predicted molar refractivity (Wildman–Crippen MR) is 101 cm³/mol. The molecule has 3 N–H and O–H groups in total. The molecule has 1 atom stereocenters. The number of carbonyl (C=O) groups excluding carboxylic acids is 1. The van der Waals surface area contributed by atoms with E-state index in [2.05, 4.69) is 5.32 Å². The molecular formula is C19H29ClN2O3. The summed E-state index contributed by atoms with van der Waals surface area (Å²) in [6.07, 6.45) is 7.04. The summed E-state index contributed by atoms with van der Waals surface area (Å²) < 4.78 is 11.2. The van der Waals surface area contributed by atoms with Crippen molar-refractivity contribution < 1.29 is 14.3 Å². The second kappa shape index (κ2) is 10.1. The van der Waals surface area contributed by atoms with Crippen LogP contribution < -0.4 is 11.1 Å². The number of hydrogen-bond donors (Lipinski definition) is 2. The highest BCUT2D eigenvalue weighted by Crippen LogP contribution is 2.23. The van der Waals surface area contributed by atoms with Crippen molar-refractivity contribution in [3.8, 4) is 0 Å². The van der Waals surface area contributed by atoms with Gasteiger partial charge in [0, 0.05) is 18.9 Å². The molecule has 2 aliphatic rings. The topological polar surface area (TPSA) is 73.6 Å². The zero-order chi connectivity index (χ0) is 16.8. The summed E-state index contributed by atoms with van der Waals surface area (Å²) in [6.45, 7) is 2.03. The fourth-order valence-electron chi connectivity index (χ4n) is 3.47. The molecule has 1 heterocycles. The number of amides is 1. The van der Waals surface area contributed by atoms with Crippen LogP contribution in [0.4, 0.5) is 5.69 Å². The number of rotatable bonds is 6. The van der Waals surface area contributed by atoms with Crippen LogP contribution in [0.5, 0.6) is 0 Å². The van der Waals surface area contributed by atoms with Gasteiger partial charge in [0.25, 0.3) is 0 Å². The number of benzene rings is 1. The smallest absolute Gasteiger partial charge is 0.241 e. The quantitative estimate of drug-likeness (QED) is 0.808. The van der Waals surface area contributed by atoms with Gasteiger partial charge in [-0.05, 0) is 49.3 Å². The van der Waals surface area contributed by atoms with Crippen molar-refractivity contribution in [2.24, 2.45) is 11.7 Å². The molecule has 0 spiro atoms. The van der Waals surface area contributed by atoms with Crippen LogP contribution >= 0.6 is 12.4 Å². The monoisotopic (exact) mass is 368 g/mol. The summed E-state index contributed by atoms with van der Waals surface area (Å²) in [4.78, 5) is 12.3. The maximum absolute atomic E-state index is 12.3. The zero-order valence-corrected chi connectivity index (χ0v) is 15.4. The Morgan fingerprint density at radius 2 is 1.80 bits per heavy atom. The molecule has 1 aromatic carbocycles. The lowest BCUT2D eigenvalue weighted by molar-refractivity contribution is -0.119. The molecule has 140 valence electrons. The van der Waals surface area contributed by atoms with Crippen molar-refractivity contribution in [1.82, 2.24) is 0 Å². The minimum atomic E-state index is -0.473. The third kappa shape index (κ3) is 5.96. The van der Waals surface area contributed by atoms with E-state index in [1.807, 2.05) is 24.3 Å². The average molecular weight is 369 g/mol. The standard InChI is InChI=1S/C19H28N2O3.ClH/c20-18(15-9-11-23-12-10-15)19(22)21-16-7-5-14(6-8-16)13-24-17-3-1-2-4-17;/h5-8,15,17-18H,1-4,9-13,20H2,(H,21,22);1H. The number of nitrogens with one attached hydrogen (secondary N) is 1.